The third-order valence-corrected chi connectivity index (χ3v) is 42.5. The number of benzene rings is 4. The molecule has 4 heterocycles. The van der Waals surface area contributed by atoms with Gasteiger partial charge >= 0.3 is 19.1 Å². The fraction of sp³-hybridized carbons (Fsp3) is 0.750. The van der Waals surface area contributed by atoms with E-state index >= 15 is 0 Å². The van der Waals surface area contributed by atoms with E-state index in [9.17, 15) is 79.1 Å². The first-order valence-corrected chi connectivity index (χ1v) is 54.7. The van der Waals surface area contributed by atoms with Crippen LogP contribution in [0.25, 0.3) is 44.1 Å². The van der Waals surface area contributed by atoms with Gasteiger partial charge in [-0.2, -0.15) is 15.0 Å². The zero-order valence-corrected chi connectivity index (χ0v) is 85.4. The third kappa shape index (κ3) is 19.9. The van der Waals surface area contributed by atoms with Crippen molar-refractivity contribution in [1.29, 1.82) is 0 Å². The average molecular weight is 2020 g/mol. The molecular formula is C112H147F9N12O12. The van der Waals surface area contributed by atoms with Crippen molar-refractivity contribution < 1.29 is 98.1 Å². The molecule has 0 bridgehead atoms. The number of ether oxygens (including phenoxy) is 4. The predicted molar refractivity (Wildman–Crippen MR) is 522 cm³/mol. The van der Waals surface area contributed by atoms with E-state index in [2.05, 4.69) is 83.0 Å². The highest BCUT2D eigenvalue weighted by Gasteiger charge is 2.65. The fourth-order valence-electron chi connectivity index (χ4n) is 36.5. The summed E-state index contributed by atoms with van der Waals surface area (Å²) in [6.45, 7) is 17.8. The molecule has 16 aliphatic rings. The molecule has 790 valence electrons. The second kappa shape index (κ2) is 38.2. The SMILES string of the molecule is COc1cccc2nnn(CC(=O)[C@H]3CC[C@H]4[C@@H]5CC[C@@H]6C[C@](C)(O)CC[C@@H]6[C@H]5CC[C@]34C)c12.C[C@@]1(O)CC[C@H]2[C@H](CC[C@@H]3[C@@H]2CC[C@]2(C)[C@@H](C(=O)Cn4nc5ccc(OC(F)(F)F)cc5n4)CC[C@@H]32)C1.C[C@@]1(O)CC[C@H]2[C@H](CC[C@@H]3[C@@H]2CC[C@]2(C)[C@@H](C(=O)Cn4nnc5cc(OC(F)(F)F)ccc54)CC[C@@H]32)C1.C[C@@]1(O)CC[C@H]2[C@H](CC[C@@H]3[C@@H]2CC[C@]2(C)[C@@H](C(=O)Cn4nnc5ccc(OC(F)(F)F)cc54)CC[C@@H]32)C1. The van der Waals surface area contributed by atoms with Gasteiger partial charge in [0.25, 0.3) is 0 Å². The number of rotatable bonds is 16. The summed E-state index contributed by atoms with van der Waals surface area (Å²) in [6, 6.07) is 17.4. The number of carbonyl (C=O) groups is 4. The Morgan fingerprint density at radius 3 is 1.03 bits per heavy atom. The molecule has 0 aliphatic heterocycles. The van der Waals surface area contributed by atoms with Crippen molar-refractivity contribution in [2.24, 2.45) is 164 Å². The van der Waals surface area contributed by atoms with Gasteiger partial charge in [-0.15, -0.1) is 54.8 Å². The van der Waals surface area contributed by atoms with Crippen LogP contribution in [0.3, 0.4) is 0 Å². The van der Waals surface area contributed by atoms with Crippen LogP contribution < -0.4 is 18.9 Å². The van der Waals surface area contributed by atoms with E-state index in [1.807, 2.05) is 45.9 Å². The van der Waals surface area contributed by atoms with E-state index in [0.717, 1.165) is 189 Å². The van der Waals surface area contributed by atoms with Crippen LogP contribution in [0.5, 0.6) is 23.0 Å². The monoisotopic (exact) mass is 2020 g/mol. The first-order chi connectivity index (χ1) is 68.6. The number of methoxy groups -OCH3 is 1. The Bertz CT molecular complexity index is 6100. The van der Waals surface area contributed by atoms with Gasteiger partial charge in [-0.25, -0.2) is 14.0 Å². The molecule has 0 unspecified atom stereocenters. The number of ketones is 4. The fourth-order valence-corrected chi connectivity index (χ4v) is 36.5. The standard InChI is InChI=1S/3C28H36F3N3O3.C28H39N3O3/c1-26(36)11-9-18-16(14-26)3-5-20-19(18)10-12-27(2)21(20)6-7-22(27)25(35)15-34-24-8-4-17(37-28(29,30)31)13-23(24)32-33-34;1-26(36)11-9-18-16(14-26)3-5-20-19(18)10-12-27(2)21(20)6-7-22(27)25(35)15-34-24-13-17(37-28(29,30)31)4-8-23(24)32-33-34;1-26(36)11-9-18-16(14-26)3-5-20-19(18)10-12-27(2)21(20)6-7-22(27)25(35)15-34-32-23-8-4-17(13-24(23)33-34)37-28(29,30)31;1-27(33)13-11-18-17(15-27)7-8-20-19(18)12-14-28(2)21(20)9-10-22(28)24(32)16-31-26-23(29-30-31)5-4-6-25(26)34-3/h3*4,8,13,16,18-22,36H,3,5-7,9-12,14-15H2,1-2H3;4-6,17-22,33H,7-16H2,1-3H3/t3*16-,18+,19-,20-,21+,22-,26-,27+;17-,18+,19-,20-,21+,22-,27-,28+/m1111/s1. The Hall–Kier alpha value is -8.43. The van der Waals surface area contributed by atoms with E-state index in [1.54, 1.807) is 11.8 Å². The largest absolute Gasteiger partial charge is 0.573 e. The van der Waals surface area contributed by atoms with Crippen LogP contribution in [0.15, 0.2) is 72.8 Å². The Kier molecular flexibility index (Phi) is 27.0. The zero-order valence-electron chi connectivity index (χ0n) is 85.4. The molecule has 16 aliphatic carbocycles. The molecule has 145 heavy (non-hydrogen) atoms. The van der Waals surface area contributed by atoms with Crippen molar-refractivity contribution in [1.82, 2.24) is 60.0 Å². The molecule has 0 radical (unpaired) electrons. The van der Waals surface area contributed by atoms with Crippen molar-refractivity contribution in [3.63, 3.8) is 0 Å². The number of hydrogen-bond donors (Lipinski definition) is 4. The van der Waals surface area contributed by atoms with Crippen molar-refractivity contribution >= 4 is 67.3 Å². The molecule has 24 nitrogen and oxygen atoms in total. The van der Waals surface area contributed by atoms with Crippen LogP contribution in [-0.4, -0.2) is 152 Å². The Morgan fingerprint density at radius 2 is 0.641 bits per heavy atom. The lowest BCUT2D eigenvalue weighted by Crippen LogP contribution is -2.51. The molecule has 4 aromatic heterocycles. The number of aliphatic hydroxyl groups is 4. The van der Waals surface area contributed by atoms with E-state index in [0.29, 0.717) is 128 Å². The number of carbonyl (C=O) groups excluding carboxylic acids is 4. The molecule has 16 saturated carbocycles. The summed E-state index contributed by atoms with van der Waals surface area (Å²) < 4.78 is 136. The molecular weight excluding hydrogens is 1880 g/mol. The van der Waals surface area contributed by atoms with Gasteiger partial charge in [-0.05, 0) is 447 Å². The second-order valence-corrected chi connectivity index (χ2v) is 50.7. The predicted octanol–water partition coefficient (Wildman–Crippen LogP) is 22.8. The summed E-state index contributed by atoms with van der Waals surface area (Å²) in [7, 11) is 1.65. The average Bonchev–Trinajstić information content (AvgIpc) is 1.63. The van der Waals surface area contributed by atoms with Gasteiger partial charge in [0, 0.05) is 41.9 Å². The highest BCUT2D eigenvalue weighted by Crippen LogP contribution is 2.71. The van der Waals surface area contributed by atoms with E-state index < -0.39 is 41.5 Å². The van der Waals surface area contributed by atoms with E-state index in [-0.39, 0.29) is 117 Å². The van der Waals surface area contributed by atoms with Crippen LogP contribution in [0.2, 0.25) is 0 Å². The molecule has 0 saturated heterocycles. The molecule has 0 amide bonds. The van der Waals surface area contributed by atoms with Crippen LogP contribution in [-0.2, 0) is 45.4 Å². The summed E-state index contributed by atoms with van der Waals surface area (Å²) in [6.07, 6.45) is 24.4. The molecule has 32 atom stereocenters. The number of alkyl halides is 9. The number of para-hydroxylation sites is 1. The van der Waals surface area contributed by atoms with E-state index in [1.165, 1.54) is 146 Å². The van der Waals surface area contributed by atoms with Crippen molar-refractivity contribution in [2.75, 3.05) is 7.11 Å². The van der Waals surface area contributed by atoms with Crippen LogP contribution in [0, 0.1) is 164 Å². The first kappa shape index (κ1) is 102. The molecule has 4 aromatic carbocycles. The minimum atomic E-state index is -4.79. The van der Waals surface area contributed by atoms with Crippen LogP contribution in [0.4, 0.5) is 39.5 Å². The molecule has 8 aromatic rings. The van der Waals surface area contributed by atoms with Gasteiger partial charge < -0.3 is 39.4 Å². The number of fused-ring (bicyclic) bond motifs is 24. The third-order valence-electron chi connectivity index (χ3n) is 42.5. The van der Waals surface area contributed by atoms with Crippen molar-refractivity contribution in [3.8, 4) is 23.0 Å². The first-order valence-electron chi connectivity index (χ1n) is 54.7. The smallest absolute Gasteiger partial charge is 0.494 e. The Morgan fingerprint density at radius 1 is 0.324 bits per heavy atom. The van der Waals surface area contributed by atoms with Gasteiger partial charge in [0.1, 0.15) is 82.3 Å². The summed E-state index contributed by atoms with van der Waals surface area (Å²) >= 11 is 0. The molecule has 33 heteroatoms. The number of nitrogens with zero attached hydrogens (tertiary/aromatic N) is 12. The minimum absolute atomic E-state index is 0.00677. The summed E-state index contributed by atoms with van der Waals surface area (Å²) in [5.74, 6) is 13.8. The highest BCUT2D eigenvalue weighted by atomic mass is 19.4. The maximum atomic E-state index is 13.7. The highest BCUT2D eigenvalue weighted by molar-refractivity contribution is 5.88. The quantitative estimate of drug-likeness (QED) is 0.0653. The molecule has 0 spiro atoms. The van der Waals surface area contributed by atoms with E-state index in [4.69, 9.17) is 4.74 Å². The number of Topliss-reactive ketones (excluding diaryl/α,β-unsaturated/α-hetero) is 4. The molecule has 16 fully saturated rings. The maximum Gasteiger partial charge on any atom is 0.573 e. The molecule has 24 rings (SSSR count). The minimum Gasteiger partial charge on any atom is -0.494 e. The Labute approximate surface area is 841 Å². The van der Waals surface area contributed by atoms with Gasteiger partial charge in [0.2, 0.25) is 0 Å². The van der Waals surface area contributed by atoms with Gasteiger partial charge in [0.05, 0.1) is 40.5 Å². The van der Waals surface area contributed by atoms with Crippen LogP contribution >= 0.6 is 0 Å². The normalized spacial score (nSPS) is 40.1. The lowest BCUT2D eigenvalue weighted by molar-refractivity contribution is -0.275. The Balaban J connectivity index is 0.000000114. The zero-order chi connectivity index (χ0) is 102. The van der Waals surface area contributed by atoms with Gasteiger partial charge in [-0.3, -0.25) is 19.2 Å². The van der Waals surface area contributed by atoms with Gasteiger partial charge in [0.15, 0.2) is 23.1 Å². The number of halogens is 9. The lowest BCUT2D eigenvalue weighted by Gasteiger charge is -2.56. The second-order valence-electron chi connectivity index (χ2n) is 50.7. The lowest BCUT2D eigenvalue weighted by atomic mass is 9.49. The maximum absolute atomic E-state index is 13.7. The topological polar surface area (TPSA) is 309 Å². The number of aromatic nitrogens is 12. The van der Waals surface area contributed by atoms with Crippen molar-refractivity contribution in [3.05, 3.63) is 72.8 Å². The van der Waals surface area contributed by atoms with Crippen LogP contribution in [0.1, 0.15) is 287 Å². The summed E-state index contributed by atoms with van der Waals surface area (Å²) in [4.78, 5) is 55.9. The summed E-state index contributed by atoms with van der Waals surface area (Å²) in [5, 5.41) is 75.9. The summed E-state index contributed by atoms with van der Waals surface area (Å²) in [5.41, 5.74) is 1.89. The molecule has 4 N–H and O–H groups in total. The van der Waals surface area contributed by atoms with Crippen molar-refractivity contribution in [2.45, 2.75) is 354 Å². The van der Waals surface area contributed by atoms with Gasteiger partial charge in [-0.1, -0.05) is 49.4 Å². The number of hydrogen-bond acceptors (Lipinski definition) is 20.